The van der Waals surface area contributed by atoms with Gasteiger partial charge in [-0.05, 0) is 89.6 Å². The van der Waals surface area contributed by atoms with Crippen LogP contribution in [0.5, 0.6) is 0 Å². The van der Waals surface area contributed by atoms with Crippen LogP contribution in [0.25, 0.3) is 99.2 Å². The standard InChI is InChI=1S/C50H32N2/c1-2-13-37(14-3-1)50-51-47(36-24-21-34(22-25-36)39-26-23-33-11-4-5-15-38(33)29-39)32-48(52-50)41-17-10-18-42(30-41)49-44-20-9-7-16-40(44)31-46-43-19-8-6-12-35(43)27-28-45(46)49/h1-32H. The molecule has 0 bridgehead atoms. The van der Waals surface area contributed by atoms with Crippen molar-refractivity contribution in [1.29, 1.82) is 0 Å². The fraction of sp³-hybridized carbons (Fsp3) is 0. The maximum atomic E-state index is 5.18. The van der Waals surface area contributed by atoms with Crippen molar-refractivity contribution < 1.29 is 0 Å². The third kappa shape index (κ3) is 5.30. The lowest BCUT2D eigenvalue weighted by Crippen LogP contribution is -1.96. The van der Waals surface area contributed by atoms with Gasteiger partial charge in [0.1, 0.15) is 0 Å². The Morgan fingerprint density at radius 3 is 1.67 bits per heavy atom. The van der Waals surface area contributed by atoms with Crippen LogP contribution in [0.2, 0.25) is 0 Å². The minimum atomic E-state index is 0.708. The molecule has 0 saturated carbocycles. The predicted molar refractivity (Wildman–Crippen MR) is 219 cm³/mol. The third-order valence-electron chi connectivity index (χ3n) is 10.2. The molecule has 1 aromatic heterocycles. The van der Waals surface area contributed by atoms with Crippen LogP contribution in [0.15, 0.2) is 194 Å². The molecule has 0 N–H and O–H groups in total. The summed E-state index contributed by atoms with van der Waals surface area (Å²) in [6, 6.07) is 69.4. The first-order valence-corrected chi connectivity index (χ1v) is 17.7. The summed E-state index contributed by atoms with van der Waals surface area (Å²) in [4.78, 5) is 10.3. The van der Waals surface area contributed by atoms with Crippen LogP contribution in [0.1, 0.15) is 0 Å². The van der Waals surface area contributed by atoms with Gasteiger partial charge in [-0.15, -0.1) is 0 Å². The van der Waals surface area contributed by atoms with Gasteiger partial charge in [-0.25, -0.2) is 9.97 Å². The van der Waals surface area contributed by atoms with Crippen molar-refractivity contribution in [3.63, 3.8) is 0 Å². The molecule has 0 unspecified atom stereocenters. The smallest absolute Gasteiger partial charge is 0.160 e. The second kappa shape index (κ2) is 12.5. The second-order valence-electron chi connectivity index (χ2n) is 13.4. The quantitative estimate of drug-likeness (QED) is 0.136. The first-order valence-electron chi connectivity index (χ1n) is 17.7. The molecule has 0 aliphatic rings. The zero-order chi connectivity index (χ0) is 34.4. The Kier molecular flexibility index (Phi) is 7.18. The van der Waals surface area contributed by atoms with Gasteiger partial charge >= 0.3 is 0 Å². The van der Waals surface area contributed by atoms with Gasteiger partial charge in [0.25, 0.3) is 0 Å². The van der Waals surface area contributed by atoms with Crippen molar-refractivity contribution in [1.82, 2.24) is 9.97 Å². The summed E-state index contributed by atoms with van der Waals surface area (Å²) in [5.74, 6) is 0.708. The highest BCUT2D eigenvalue weighted by Gasteiger charge is 2.15. The number of aromatic nitrogens is 2. The van der Waals surface area contributed by atoms with Crippen molar-refractivity contribution in [3.8, 4) is 56.2 Å². The Morgan fingerprint density at radius 2 is 0.846 bits per heavy atom. The monoisotopic (exact) mass is 660 g/mol. The van der Waals surface area contributed by atoms with Crippen molar-refractivity contribution >= 4 is 43.1 Å². The molecule has 0 radical (unpaired) electrons. The van der Waals surface area contributed by atoms with E-state index in [2.05, 4.69) is 176 Å². The van der Waals surface area contributed by atoms with Crippen LogP contribution >= 0.6 is 0 Å². The van der Waals surface area contributed by atoms with Crippen LogP contribution < -0.4 is 0 Å². The van der Waals surface area contributed by atoms with E-state index >= 15 is 0 Å². The van der Waals surface area contributed by atoms with Gasteiger partial charge in [-0.2, -0.15) is 0 Å². The van der Waals surface area contributed by atoms with Gasteiger partial charge in [0.05, 0.1) is 11.4 Å². The molecule has 0 aliphatic heterocycles. The molecule has 10 rings (SSSR count). The largest absolute Gasteiger partial charge is 0.228 e. The van der Waals surface area contributed by atoms with Crippen LogP contribution in [-0.2, 0) is 0 Å². The molecule has 0 spiro atoms. The highest BCUT2D eigenvalue weighted by molar-refractivity contribution is 6.20. The molecule has 0 atom stereocenters. The van der Waals surface area contributed by atoms with E-state index in [1.165, 1.54) is 59.8 Å². The van der Waals surface area contributed by atoms with Crippen molar-refractivity contribution in [2.24, 2.45) is 0 Å². The summed E-state index contributed by atoms with van der Waals surface area (Å²) >= 11 is 0. The van der Waals surface area contributed by atoms with Crippen LogP contribution in [0.3, 0.4) is 0 Å². The molecular formula is C50H32N2. The molecule has 2 heteroatoms. The van der Waals surface area contributed by atoms with E-state index in [9.17, 15) is 0 Å². The zero-order valence-corrected chi connectivity index (χ0v) is 28.4. The van der Waals surface area contributed by atoms with Crippen molar-refractivity contribution in [2.45, 2.75) is 0 Å². The number of hydrogen-bond acceptors (Lipinski definition) is 2. The van der Waals surface area contributed by atoms with Crippen LogP contribution in [0.4, 0.5) is 0 Å². The second-order valence-corrected chi connectivity index (χ2v) is 13.4. The Balaban J connectivity index is 1.11. The summed E-state index contributed by atoms with van der Waals surface area (Å²) in [6.07, 6.45) is 0. The lowest BCUT2D eigenvalue weighted by Gasteiger charge is -2.15. The average molecular weight is 661 g/mol. The van der Waals surface area contributed by atoms with E-state index in [0.29, 0.717) is 5.82 Å². The molecule has 10 aromatic rings. The lowest BCUT2D eigenvalue weighted by molar-refractivity contribution is 1.18. The molecule has 0 saturated heterocycles. The summed E-state index contributed by atoms with van der Waals surface area (Å²) in [6.45, 7) is 0. The summed E-state index contributed by atoms with van der Waals surface area (Å²) < 4.78 is 0. The van der Waals surface area contributed by atoms with Crippen LogP contribution in [0, 0.1) is 0 Å². The number of nitrogens with zero attached hydrogens (tertiary/aromatic N) is 2. The molecule has 9 aromatic carbocycles. The molecule has 52 heavy (non-hydrogen) atoms. The number of benzene rings is 9. The minimum absolute atomic E-state index is 0.708. The Bertz CT molecular complexity index is 2940. The molecule has 242 valence electrons. The zero-order valence-electron chi connectivity index (χ0n) is 28.4. The summed E-state index contributed by atoms with van der Waals surface area (Å²) in [5, 5.41) is 9.98. The average Bonchev–Trinajstić information content (AvgIpc) is 3.23. The third-order valence-corrected chi connectivity index (χ3v) is 10.2. The molecule has 0 amide bonds. The fourth-order valence-corrected chi connectivity index (χ4v) is 7.63. The lowest BCUT2D eigenvalue weighted by atomic mass is 9.89. The van der Waals surface area contributed by atoms with Gasteiger partial charge in [-0.3, -0.25) is 0 Å². The first kappa shape index (κ1) is 30.0. The van der Waals surface area contributed by atoms with Gasteiger partial charge < -0.3 is 0 Å². The SMILES string of the molecule is c1ccc(-c2nc(-c3ccc(-c4ccc5ccccc5c4)cc3)cc(-c3cccc(-c4c5ccccc5cc5c4ccc4ccccc45)c3)n2)cc1. The van der Waals surface area contributed by atoms with E-state index in [-0.39, 0.29) is 0 Å². The molecule has 1 heterocycles. The number of hydrogen-bond donors (Lipinski definition) is 0. The highest BCUT2D eigenvalue weighted by Crippen LogP contribution is 2.40. The Morgan fingerprint density at radius 1 is 0.250 bits per heavy atom. The maximum Gasteiger partial charge on any atom is 0.160 e. The Hall–Kier alpha value is -6.90. The highest BCUT2D eigenvalue weighted by atomic mass is 14.9. The minimum Gasteiger partial charge on any atom is -0.228 e. The normalized spacial score (nSPS) is 11.5. The molecular weight excluding hydrogens is 629 g/mol. The van der Waals surface area contributed by atoms with Gasteiger partial charge in [0.15, 0.2) is 5.82 Å². The molecule has 0 fully saturated rings. The maximum absolute atomic E-state index is 5.18. The molecule has 2 nitrogen and oxygen atoms in total. The van der Waals surface area contributed by atoms with Gasteiger partial charge in [0, 0.05) is 16.7 Å². The van der Waals surface area contributed by atoms with Crippen molar-refractivity contribution in [2.75, 3.05) is 0 Å². The number of rotatable bonds is 5. The predicted octanol–water partition coefficient (Wildman–Crippen LogP) is 13.4. The number of fused-ring (bicyclic) bond motifs is 5. The van der Waals surface area contributed by atoms with Gasteiger partial charge in [0.2, 0.25) is 0 Å². The van der Waals surface area contributed by atoms with Gasteiger partial charge in [-0.1, -0.05) is 170 Å². The van der Waals surface area contributed by atoms with E-state index in [1.54, 1.807) is 0 Å². The van der Waals surface area contributed by atoms with E-state index < -0.39 is 0 Å². The Labute approximate surface area is 302 Å². The first-order chi connectivity index (χ1) is 25.7. The van der Waals surface area contributed by atoms with E-state index in [4.69, 9.17) is 9.97 Å². The van der Waals surface area contributed by atoms with Crippen molar-refractivity contribution in [3.05, 3.63) is 194 Å². The topological polar surface area (TPSA) is 25.8 Å². The van der Waals surface area contributed by atoms with Crippen LogP contribution in [-0.4, -0.2) is 9.97 Å². The fourth-order valence-electron chi connectivity index (χ4n) is 7.63. The van der Waals surface area contributed by atoms with E-state index in [1.807, 2.05) is 18.2 Å². The van der Waals surface area contributed by atoms with E-state index in [0.717, 1.165) is 33.6 Å². The molecule has 0 aliphatic carbocycles. The summed E-state index contributed by atoms with van der Waals surface area (Å²) in [7, 11) is 0. The summed E-state index contributed by atoms with van der Waals surface area (Å²) in [5.41, 5.74) is 9.64.